The van der Waals surface area contributed by atoms with Crippen molar-refractivity contribution in [3.8, 4) is 0 Å². The van der Waals surface area contributed by atoms with Gasteiger partial charge in [-0.25, -0.2) is 0 Å². The lowest BCUT2D eigenvalue weighted by Crippen LogP contribution is -2.19. The van der Waals surface area contributed by atoms with Gasteiger partial charge in [0.25, 0.3) is 0 Å². The highest BCUT2D eigenvalue weighted by atomic mass is 79.9. The van der Waals surface area contributed by atoms with Gasteiger partial charge >= 0.3 is 0 Å². The quantitative estimate of drug-likeness (QED) is 0.706. The van der Waals surface area contributed by atoms with E-state index in [1.807, 2.05) is 18.2 Å². The molecule has 1 aliphatic rings. The molecule has 0 aliphatic carbocycles. The Morgan fingerprint density at radius 3 is 2.62 bits per heavy atom. The number of benzene rings is 1. The Kier molecular flexibility index (Phi) is 4.54. The molecule has 1 aliphatic heterocycles. The highest BCUT2D eigenvalue weighted by Crippen LogP contribution is 2.40. The van der Waals surface area contributed by atoms with Gasteiger partial charge in [0.05, 0.1) is 0 Å². The zero-order valence-electron chi connectivity index (χ0n) is 8.76. The van der Waals surface area contributed by atoms with Crippen molar-refractivity contribution in [2.45, 2.75) is 17.7 Å². The van der Waals surface area contributed by atoms with E-state index in [9.17, 15) is 0 Å². The summed E-state index contributed by atoms with van der Waals surface area (Å²) in [6, 6.07) is 5.61. The van der Waals surface area contributed by atoms with Gasteiger partial charge in [0.1, 0.15) is 0 Å². The molecule has 1 heterocycles. The van der Waals surface area contributed by atoms with Gasteiger partial charge in [-0.3, -0.25) is 0 Å². The van der Waals surface area contributed by atoms with Gasteiger partial charge in [-0.15, -0.1) is 0 Å². The van der Waals surface area contributed by atoms with E-state index in [4.69, 9.17) is 27.9 Å². The molecule has 2 rings (SSSR count). The van der Waals surface area contributed by atoms with E-state index in [1.165, 1.54) is 0 Å². The predicted octanol–water partition coefficient (Wildman–Crippen LogP) is 4.86. The molecule has 1 saturated heterocycles. The second kappa shape index (κ2) is 5.72. The lowest BCUT2D eigenvalue weighted by Gasteiger charge is -2.27. The summed E-state index contributed by atoms with van der Waals surface area (Å²) in [7, 11) is 0. The van der Waals surface area contributed by atoms with Gasteiger partial charge in [0.2, 0.25) is 0 Å². The summed E-state index contributed by atoms with van der Waals surface area (Å²) in [5.74, 6) is 0.574. The van der Waals surface area contributed by atoms with Crippen LogP contribution in [0.3, 0.4) is 0 Å². The van der Waals surface area contributed by atoms with Crippen molar-refractivity contribution >= 4 is 39.1 Å². The summed E-state index contributed by atoms with van der Waals surface area (Å²) < 4.78 is 5.36. The van der Waals surface area contributed by atoms with E-state index in [2.05, 4.69) is 15.9 Å². The van der Waals surface area contributed by atoms with Crippen molar-refractivity contribution in [1.82, 2.24) is 0 Å². The molecule has 0 aromatic heterocycles. The van der Waals surface area contributed by atoms with Crippen LogP contribution < -0.4 is 0 Å². The lowest BCUT2D eigenvalue weighted by atomic mass is 9.92. The topological polar surface area (TPSA) is 9.23 Å². The standard InChI is InChI=1S/C12H13BrCl2O/c13-12(8-3-5-16-6-4-8)10-7-9(14)1-2-11(10)15/h1-2,7-8,12H,3-6H2. The average Bonchev–Trinajstić information content (AvgIpc) is 2.32. The van der Waals surface area contributed by atoms with Gasteiger partial charge in [0.15, 0.2) is 0 Å². The van der Waals surface area contributed by atoms with E-state index in [-0.39, 0.29) is 4.83 Å². The summed E-state index contributed by atoms with van der Waals surface area (Å²) in [5, 5.41) is 1.51. The second-order valence-electron chi connectivity index (χ2n) is 4.02. The third-order valence-electron chi connectivity index (χ3n) is 2.93. The number of hydrogen-bond acceptors (Lipinski definition) is 1. The summed E-state index contributed by atoms with van der Waals surface area (Å²) in [5.41, 5.74) is 1.08. The van der Waals surface area contributed by atoms with Gasteiger partial charge in [-0.2, -0.15) is 0 Å². The van der Waals surface area contributed by atoms with E-state index in [1.54, 1.807) is 0 Å². The number of alkyl halides is 1. The van der Waals surface area contributed by atoms with Crippen LogP contribution in [-0.4, -0.2) is 13.2 Å². The average molecular weight is 324 g/mol. The minimum atomic E-state index is 0.266. The van der Waals surface area contributed by atoms with Crippen LogP contribution in [0.2, 0.25) is 10.0 Å². The maximum atomic E-state index is 6.19. The van der Waals surface area contributed by atoms with Crippen LogP contribution in [0.1, 0.15) is 23.2 Å². The second-order valence-corrected chi connectivity index (χ2v) is 5.85. The molecule has 1 fully saturated rings. The first-order chi connectivity index (χ1) is 7.68. The van der Waals surface area contributed by atoms with E-state index < -0.39 is 0 Å². The van der Waals surface area contributed by atoms with Gasteiger partial charge in [-0.05, 0) is 42.5 Å². The third-order valence-corrected chi connectivity index (χ3v) is 4.76. The minimum absolute atomic E-state index is 0.266. The van der Waals surface area contributed by atoms with Crippen LogP contribution in [0.4, 0.5) is 0 Å². The SMILES string of the molecule is Clc1ccc(Cl)c(C(Br)C2CCOCC2)c1. The molecule has 0 spiro atoms. The molecule has 0 saturated carbocycles. The highest BCUT2D eigenvalue weighted by Gasteiger charge is 2.24. The maximum absolute atomic E-state index is 6.19. The molecule has 1 nitrogen and oxygen atoms in total. The first kappa shape index (κ1) is 12.7. The lowest BCUT2D eigenvalue weighted by molar-refractivity contribution is 0.0662. The van der Waals surface area contributed by atoms with Gasteiger partial charge in [0, 0.05) is 28.1 Å². The zero-order valence-corrected chi connectivity index (χ0v) is 11.9. The van der Waals surface area contributed by atoms with Crippen molar-refractivity contribution in [2.75, 3.05) is 13.2 Å². The summed E-state index contributed by atoms with van der Waals surface area (Å²) in [6.07, 6.45) is 2.14. The van der Waals surface area contributed by atoms with Crippen LogP contribution in [0.25, 0.3) is 0 Å². The fraction of sp³-hybridized carbons (Fsp3) is 0.500. The summed E-state index contributed by atoms with van der Waals surface area (Å²) in [4.78, 5) is 0.266. The molecule has 0 amide bonds. The molecule has 0 radical (unpaired) electrons. The van der Waals surface area contributed by atoms with Gasteiger partial charge < -0.3 is 4.74 Å². The Morgan fingerprint density at radius 1 is 1.25 bits per heavy atom. The molecular formula is C12H13BrCl2O. The molecule has 1 atom stereocenters. The van der Waals surface area contributed by atoms with E-state index in [0.29, 0.717) is 5.92 Å². The van der Waals surface area contributed by atoms with Crippen LogP contribution in [0.5, 0.6) is 0 Å². The summed E-state index contributed by atoms with van der Waals surface area (Å²) >= 11 is 15.9. The molecule has 16 heavy (non-hydrogen) atoms. The maximum Gasteiger partial charge on any atom is 0.0469 e. The molecule has 1 aromatic carbocycles. The number of hydrogen-bond donors (Lipinski definition) is 0. The van der Waals surface area contributed by atoms with Crippen molar-refractivity contribution in [3.05, 3.63) is 33.8 Å². The molecular weight excluding hydrogens is 311 g/mol. The monoisotopic (exact) mass is 322 g/mol. The Bertz CT molecular complexity index is 364. The van der Waals surface area contributed by atoms with Crippen LogP contribution in [0, 0.1) is 5.92 Å². The van der Waals surface area contributed by atoms with Crippen LogP contribution in [-0.2, 0) is 4.74 Å². The molecule has 0 N–H and O–H groups in total. The number of ether oxygens (including phenoxy) is 1. The zero-order chi connectivity index (χ0) is 11.5. The smallest absolute Gasteiger partial charge is 0.0469 e. The highest BCUT2D eigenvalue weighted by molar-refractivity contribution is 9.09. The van der Waals surface area contributed by atoms with Crippen molar-refractivity contribution in [3.63, 3.8) is 0 Å². The Balaban J connectivity index is 2.18. The fourth-order valence-electron chi connectivity index (χ4n) is 1.99. The minimum Gasteiger partial charge on any atom is -0.381 e. The summed E-state index contributed by atoms with van der Waals surface area (Å²) in [6.45, 7) is 1.68. The van der Waals surface area contributed by atoms with Gasteiger partial charge in [-0.1, -0.05) is 39.1 Å². The van der Waals surface area contributed by atoms with Crippen LogP contribution in [0.15, 0.2) is 18.2 Å². The Labute approximate surface area is 114 Å². The Hall–Kier alpha value is 0.240. The molecule has 88 valence electrons. The number of rotatable bonds is 2. The first-order valence-electron chi connectivity index (χ1n) is 5.35. The largest absolute Gasteiger partial charge is 0.381 e. The van der Waals surface area contributed by atoms with E-state index >= 15 is 0 Å². The molecule has 1 unspecified atom stereocenters. The Morgan fingerprint density at radius 2 is 1.94 bits per heavy atom. The number of halogens is 3. The molecule has 0 bridgehead atoms. The van der Waals surface area contributed by atoms with Crippen molar-refractivity contribution < 1.29 is 4.74 Å². The van der Waals surface area contributed by atoms with Crippen LogP contribution >= 0.6 is 39.1 Å². The van der Waals surface area contributed by atoms with Crippen molar-refractivity contribution in [2.24, 2.45) is 5.92 Å². The molecule has 1 aromatic rings. The third kappa shape index (κ3) is 2.92. The normalized spacial score (nSPS) is 19.7. The first-order valence-corrected chi connectivity index (χ1v) is 7.02. The predicted molar refractivity (Wildman–Crippen MR) is 71.7 cm³/mol. The molecule has 4 heteroatoms. The fourth-order valence-corrected chi connectivity index (χ4v) is 3.44. The van der Waals surface area contributed by atoms with E-state index in [0.717, 1.165) is 41.7 Å². The van der Waals surface area contributed by atoms with Crippen molar-refractivity contribution in [1.29, 1.82) is 0 Å².